The number of halogens is 4. The van der Waals surface area contributed by atoms with E-state index in [0.717, 1.165) is 6.92 Å². The second-order valence-electron chi connectivity index (χ2n) is 2.33. The van der Waals surface area contributed by atoms with Crippen LogP contribution in [0.1, 0.15) is 6.92 Å². The zero-order chi connectivity index (χ0) is 10.6. The molecule has 2 atom stereocenters. The van der Waals surface area contributed by atoms with Crippen molar-refractivity contribution >= 4 is 5.78 Å². The van der Waals surface area contributed by atoms with E-state index in [4.69, 9.17) is 5.11 Å². The molecule has 0 saturated carbocycles. The minimum atomic E-state index is -4.66. The van der Waals surface area contributed by atoms with Crippen LogP contribution in [0, 0.1) is 0 Å². The Balaban J connectivity index is 3.88. The Morgan fingerprint density at radius 1 is 1.54 bits per heavy atom. The molecule has 0 aliphatic rings. The van der Waals surface area contributed by atoms with Crippen molar-refractivity contribution in [3.8, 4) is 0 Å². The number of aliphatic hydroxyl groups excluding tert-OH is 1. The third kappa shape index (κ3) is 5.53. The molecule has 0 amide bonds. The summed E-state index contributed by atoms with van der Waals surface area (Å²) in [6.45, 7) is -0.993. The van der Waals surface area contributed by atoms with E-state index in [9.17, 15) is 22.4 Å². The lowest BCUT2D eigenvalue weighted by Gasteiger charge is -2.15. The molecule has 78 valence electrons. The van der Waals surface area contributed by atoms with Crippen LogP contribution in [0.5, 0.6) is 0 Å². The summed E-state index contributed by atoms with van der Waals surface area (Å²) in [5.74, 6) is -1.09. The first kappa shape index (κ1) is 12.3. The highest BCUT2D eigenvalue weighted by atomic mass is 19.4. The molecule has 0 aliphatic heterocycles. The topological polar surface area (TPSA) is 46.5 Å². The van der Waals surface area contributed by atoms with Gasteiger partial charge in [0.05, 0.1) is 0 Å². The monoisotopic (exact) mass is 204 g/mol. The smallest absolute Gasteiger partial charge is 0.365 e. The maximum atomic E-state index is 12.4. The van der Waals surface area contributed by atoms with Crippen molar-refractivity contribution < 1.29 is 32.2 Å². The van der Waals surface area contributed by atoms with Gasteiger partial charge in [0.2, 0.25) is 6.17 Å². The molecule has 3 nitrogen and oxygen atoms in total. The van der Waals surface area contributed by atoms with Crippen LogP contribution >= 0.6 is 0 Å². The van der Waals surface area contributed by atoms with E-state index in [1.54, 1.807) is 0 Å². The van der Waals surface area contributed by atoms with Gasteiger partial charge in [-0.05, 0) is 6.92 Å². The number of carbonyl (C=O) groups is 1. The number of alkyl halides is 4. The Bertz CT molecular complexity index is 179. The molecular formula is C6H8F4O3. The quantitative estimate of drug-likeness (QED) is 0.544. The second kappa shape index (κ2) is 4.52. The summed E-state index contributed by atoms with van der Waals surface area (Å²) in [7, 11) is 0. The van der Waals surface area contributed by atoms with E-state index in [1.807, 2.05) is 0 Å². The molecule has 0 aromatic carbocycles. The number of ether oxygens (including phenoxy) is 1. The van der Waals surface area contributed by atoms with Crippen molar-refractivity contribution in [2.45, 2.75) is 25.6 Å². The fourth-order valence-corrected chi connectivity index (χ4v) is 0.465. The second-order valence-corrected chi connectivity index (χ2v) is 2.33. The third-order valence-corrected chi connectivity index (χ3v) is 1.06. The van der Waals surface area contributed by atoms with Crippen molar-refractivity contribution in [2.24, 2.45) is 0 Å². The largest absolute Gasteiger partial charge is 0.411 e. The number of hydrogen-bond acceptors (Lipinski definition) is 3. The van der Waals surface area contributed by atoms with E-state index in [1.165, 1.54) is 0 Å². The van der Waals surface area contributed by atoms with Crippen molar-refractivity contribution in [1.29, 1.82) is 0 Å². The van der Waals surface area contributed by atoms with Crippen LogP contribution in [0.15, 0.2) is 0 Å². The summed E-state index contributed by atoms with van der Waals surface area (Å²) in [5.41, 5.74) is 0. The minimum Gasteiger partial charge on any atom is -0.365 e. The molecule has 0 radical (unpaired) electrons. The highest BCUT2D eigenvalue weighted by molar-refractivity contribution is 5.80. The first-order valence-electron chi connectivity index (χ1n) is 3.25. The fourth-order valence-electron chi connectivity index (χ4n) is 0.465. The summed E-state index contributed by atoms with van der Waals surface area (Å²) in [6.07, 6.45) is -9.46. The SMILES string of the molecule is CC(=O)C(F)C(O)OCC(F)(F)F. The Labute approximate surface area is 71.3 Å². The van der Waals surface area contributed by atoms with Gasteiger partial charge in [-0.2, -0.15) is 13.2 Å². The molecule has 1 N–H and O–H groups in total. The summed E-state index contributed by atoms with van der Waals surface area (Å²) < 4.78 is 50.4. The molecule has 7 heteroatoms. The summed E-state index contributed by atoms with van der Waals surface area (Å²) in [5, 5.41) is 8.53. The lowest BCUT2D eigenvalue weighted by atomic mass is 10.3. The van der Waals surface area contributed by atoms with Crippen LogP contribution in [0.4, 0.5) is 17.6 Å². The lowest BCUT2D eigenvalue weighted by molar-refractivity contribution is -0.228. The zero-order valence-electron chi connectivity index (χ0n) is 6.64. The Hall–Kier alpha value is -0.690. The van der Waals surface area contributed by atoms with E-state index >= 15 is 0 Å². The summed E-state index contributed by atoms with van der Waals surface area (Å²) >= 11 is 0. The minimum absolute atomic E-state index is 0.796. The van der Waals surface area contributed by atoms with E-state index in [0.29, 0.717) is 0 Å². The molecule has 0 heterocycles. The van der Waals surface area contributed by atoms with Gasteiger partial charge < -0.3 is 9.84 Å². The van der Waals surface area contributed by atoms with Crippen LogP contribution in [0.25, 0.3) is 0 Å². The predicted octanol–water partition coefficient (Wildman–Crippen LogP) is 0.811. The zero-order valence-corrected chi connectivity index (χ0v) is 6.64. The van der Waals surface area contributed by atoms with Crippen LogP contribution in [0.3, 0.4) is 0 Å². The molecule has 0 saturated heterocycles. The molecule has 0 fully saturated rings. The Morgan fingerprint density at radius 2 is 2.00 bits per heavy atom. The van der Waals surface area contributed by atoms with Crippen LogP contribution in [0.2, 0.25) is 0 Å². The Kier molecular flexibility index (Phi) is 4.28. The van der Waals surface area contributed by atoms with Gasteiger partial charge in [-0.25, -0.2) is 4.39 Å². The van der Waals surface area contributed by atoms with E-state index in [-0.39, 0.29) is 0 Å². The van der Waals surface area contributed by atoms with Gasteiger partial charge in [-0.3, -0.25) is 4.79 Å². The Morgan fingerprint density at radius 3 is 2.31 bits per heavy atom. The first-order valence-corrected chi connectivity index (χ1v) is 3.25. The maximum absolute atomic E-state index is 12.4. The molecule has 2 unspecified atom stereocenters. The standard InChI is InChI=1S/C6H8F4O3/c1-3(11)4(7)5(12)13-2-6(8,9)10/h4-5,12H,2H2,1H3. The molecule has 0 rings (SSSR count). The average molecular weight is 204 g/mol. The van der Waals surface area contributed by atoms with Gasteiger partial charge in [-0.15, -0.1) is 0 Å². The lowest BCUT2D eigenvalue weighted by Crippen LogP contribution is -2.34. The predicted molar refractivity (Wildman–Crippen MR) is 33.6 cm³/mol. The molecule has 0 aromatic rings. The molecule has 13 heavy (non-hydrogen) atoms. The van der Waals surface area contributed by atoms with Crippen molar-refractivity contribution in [1.82, 2.24) is 0 Å². The molecule has 0 spiro atoms. The number of Topliss-reactive ketones (excluding diaryl/α,β-unsaturated/α-hetero) is 1. The van der Waals surface area contributed by atoms with Gasteiger partial charge >= 0.3 is 6.18 Å². The molecule has 0 aromatic heterocycles. The number of aliphatic hydroxyl groups is 1. The van der Waals surface area contributed by atoms with Gasteiger partial charge in [-0.1, -0.05) is 0 Å². The normalized spacial score (nSPS) is 16.8. The van der Waals surface area contributed by atoms with Crippen molar-refractivity contribution in [3.63, 3.8) is 0 Å². The van der Waals surface area contributed by atoms with Crippen LogP contribution in [-0.4, -0.2) is 36.1 Å². The number of hydrogen-bond donors (Lipinski definition) is 1. The van der Waals surface area contributed by atoms with E-state index < -0.39 is 31.0 Å². The van der Waals surface area contributed by atoms with Gasteiger partial charge in [0.15, 0.2) is 12.1 Å². The molecule has 0 aliphatic carbocycles. The van der Waals surface area contributed by atoms with Gasteiger partial charge in [0.25, 0.3) is 0 Å². The molecule has 0 bridgehead atoms. The average Bonchev–Trinajstić information content (AvgIpc) is 1.97. The summed E-state index contributed by atoms with van der Waals surface area (Å²) in [6, 6.07) is 0. The van der Waals surface area contributed by atoms with Gasteiger partial charge in [0.1, 0.15) is 6.61 Å². The maximum Gasteiger partial charge on any atom is 0.411 e. The highest BCUT2D eigenvalue weighted by Crippen LogP contribution is 2.16. The van der Waals surface area contributed by atoms with Crippen molar-refractivity contribution in [3.05, 3.63) is 0 Å². The number of ketones is 1. The first-order chi connectivity index (χ1) is 5.74. The number of rotatable bonds is 4. The van der Waals surface area contributed by atoms with Crippen LogP contribution < -0.4 is 0 Å². The third-order valence-electron chi connectivity index (χ3n) is 1.06. The van der Waals surface area contributed by atoms with Gasteiger partial charge in [0, 0.05) is 0 Å². The fraction of sp³-hybridized carbons (Fsp3) is 0.833. The highest BCUT2D eigenvalue weighted by Gasteiger charge is 2.32. The van der Waals surface area contributed by atoms with Crippen LogP contribution in [-0.2, 0) is 9.53 Å². The molecular weight excluding hydrogens is 196 g/mol. The van der Waals surface area contributed by atoms with Crippen molar-refractivity contribution in [2.75, 3.05) is 6.61 Å². The summed E-state index contributed by atoms with van der Waals surface area (Å²) in [4.78, 5) is 10.2. The van der Waals surface area contributed by atoms with E-state index in [2.05, 4.69) is 4.74 Å². The number of carbonyl (C=O) groups excluding carboxylic acids is 1.